The fourth-order valence-corrected chi connectivity index (χ4v) is 2.60. The van der Waals surface area contributed by atoms with E-state index in [9.17, 15) is 4.39 Å². The lowest BCUT2D eigenvalue weighted by Crippen LogP contribution is -2.11. The Bertz CT molecular complexity index is 456. The number of halogens is 2. The summed E-state index contributed by atoms with van der Waals surface area (Å²) in [6.45, 7) is 0. The van der Waals surface area contributed by atoms with Crippen LogP contribution in [-0.2, 0) is 0 Å². The molecule has 2 N–H and O–H groups in total. The molecular formula is C11H9BrFNS. The highest BCUT2D eigenvalue weighted by Gasteiger charge is 2.14. The summed E-state index contributed by atoms with van der Waals surface area (Å²) in [7, 11) is 0. The van der Waals surface area contributed by atoms with E-state index in [2.05, 4.69) is 15.9 Å². The first-order chi connectivity index (χ1) is 7.20. The van der Waals surface area contributed by atoms with Crippen LogP contribution in [0.2, 0.25) is 0 Å². The Morgan fingerprint density at radius 2 is 2.13 bits per heavy atom. The van der Waals surface area contributed by atoms with Crippen LogP contribution in [0.4, 0.5) is 4.39 Å². The lowest BCUT2D eigenvalue weighted by molar-refractivity contribution is 0.616. The number of hydrogen-bond donors (Lipinski definition) is 1. The Balaban J connectivity index is 2.42. The van der Waals surface area contributed by atoms with Gasteiger partial charge in [0.1, 0.15) is 5.82 Å². The lowest BCUT2D eigenvalue weighted by atomic mass is 10.0. The first-order valence-corrected chi connectivity index (χ1v) is 6.15. The van der Waals surface area contributed by atoms with Crippen LogP contribution in [0.25, 0.3) is 0 Å². The number of hydrogen-bond acceptors (Lipinski definition) is 2. The van der Waals surface area contributed by atoms with Crippen LogP contribution in [-0.4, -0.2) is 0 Å². The molecule has 0 amide bonds. The van der Waals surface area contributed by atoms with Gasteiger partial charge in [0, 0.05) is 0 Å². The molecule has 0 aliphatic carbocycles. The van der Waals surface area contributed by atoms with E-state index in [1.54, 1.807) is 17.4 Å². The van der Waals surface area contributed by atoms with Gasteiger partial charge >= 0.3 is 0 Å². The highest BCUT2D eigenvalue weighted by Crippen LogP contribution is 2.29. The second-order valence-corrected chi connectivity index (χ2v) is 4.75. The summed E-state index contributed by atoms with van der Waals surface area (Å²) in [6, 6.07) is 6.58. The van der Waals surface area contributed by atoms with Gasteiger partial charge in [0.05, 0.1) is 10.5 Å². The van der Waals surface area contributed by atoms with E-state index in [1.807, 2.05) is 22.9 Å². The van der Waals surface area contributed by atoms with Crippen LogP contribution >= 0.6 is 27.3 Å². The smallest absolute Gasteiger partial charge is 0.137 e. The summed E-state index contributed by atoms with van der Waals surface area (Å²) in [5.74, 6) is -0.279. The van der Waals surface area contributed by atoms with Crippen LogP contribution < -0.4 is 5.73 Å². The van der Waals surface area contributed by atoms with Gasteiger partial charge in [-0.05, 0) is 49.9 Å². The van der Waals surface area contributed by atoms with Crippen molar-refractivity contribution in [1.29, 1.82) is 0 Å². The highest BCUT2D eigenvalue weighted by molar-refractivity contribution is 9.10. The van der Waals surface area contributed by atoms with Crippen molar-refractivity contribution in [2.75, 3.05) is 0 Å². The second kappa shape index (κ2) is 4.43. The van der Waals surface area contributed by atoms with Crippen LogP contribution in [0.3, 0.4) is 0 Å². The SMILES string of the molecule is N[C@@H](c1ccsc1)c1cccc(F)c1Br. The van der Waals surface area contributed by atoms with Crippen molar-refractivity contribution in [1.82, 2.24) is 0 Å². The number of rotatable bonds is 2. The van der Waals surface area contributed by atoms with E-state index in [4.69, 9.17) is 5.73 Å². The van der Waals surface area contributed by atoms with E-state index in [0.717, 1.165) is 11.1 Å². The maximum absolute atomic E-state index is 13.3. The number of nitrogens with two attached hydrogens (primary N) is 1. The van der Waals surface area contributed by atoms with Gasteiger partial charge in [-0.15, -0.1) is 0 Å². The minimum absolute atomic E-state index is 0.277. The minimum atomic E-state index is -0.279. The van der Waals surface area contributed by atoms with Crippen LogP contribution in [0.1, 0.15) is 17.2 Å². The average molecular weight is 286 g/mol. The largest absolute Gasteiger partial charge is 0.320 e. The molecule has 0 aliphatic heterocycles. The van der Waals surface area contributed by atoms with Gasteiger partial charge in [0.25, 0.3) is 0 Å². The third kappa shape index (κ3) is 2.12. The summed E-state index contributed by atoms with van der Waals surface area (Å²) in [4.78, 5) is 0. The second-order valence-electron chi connectivity index (χ2n) is 3.18. The van der Waals surface area contributed by atoms with Gasteiger partial charge in [0.2, 0.25) is 0 Å². The third-order valence-electron chi connectivity index (χ3n) is 2.22. The predicted octanol–water partition coefficient (Wildman–Crippen LogP) is 3.70. The van der Waals surface area contributed by atoms with E-state index < -0.39 is 0 Å². The summed E-state index contributed by atoms with van der Waals surface area (Å²) in [5.41, 5.74) is 7.82. The first kappa shape index (κ1) is 10.8. The zero-order chi connectivity index (χ0) is 10.8. The zero-order valence-electron chi connectivity index (χ0n) is 7.78. The molecule has 1 atom stereocenters. The van der Waals surface area contributed by atoms with Crippen molar-refractivity contribution < 1.29 is 4.39 Å². The van der Waals surface area contributed by atoms with Crippen LogP contribution in [0.5, 0.6) is 0 Å². The summed E-state index contributed by atoms with van der Waals surface area (Å²) in [5, 5.41) is 3.93. The molecule has 0 radical (unpaired) electrons. The van der Waals surface area contributed by atoms with Gasteiger partial charge < -0.3 is 5.73 Å². The molecule has 0 saturated carbocycles. The number of thiophene rings is 1. The third-order valence-corrected chi connectivity index (χ3v) is 3.76. The molecule has 2 rings (SSSR count). The van der Waals surface area contributed by atoms with Crippen molar-refractivity contribution in [3.63, 3.8) is 0 Å². The van der Waals surface area contributed by atoms with Crippen LogP contribution in [0, 0.1) is 5.82 Å². The van der Waals surface area contributed by atoms with Gasteiger partial charge in [-0.2, -0.15) is 11.3 Å². The Labute approximate surface area is 99.9 Å². The van der Waals surface area contributed by atoms with E-state index in [0.29, 0.717) is 4.47 Å². The van der Waals surface area contributed by atoms with E-state index in [-0.39, 0.29) is 11.9 Å². The van der Waals surface area contributed by atoms with E-state index >= 15 is 0 Å². The summed E-state index contributed by atoms with van der Waals surface area (Å²) in [6.07, 6.45) is 0. The molecule has 0 spiro atoms. The maximum atomic E-state index is 13.3. The minimum Gasteiger partial charge on any atom is -0.320 e. The topological polar surface area (TPSA) is 26.0 Å². The molecule has 1 heterocycles. The zero-order valence-corrected chi connectivity index (χ0v) is 10.2. The van der Waals surface area contributed by atoms with Gasteiger partial charge in [-0.3, -0.25) is 0 Å². The summed E-state index contributed by atoms with van der Waals surface area (Å²) >= 11 is 4.80. The Morgan fingerprint density at radius 1 is 1.33 bits per heavy atom. The lowest BCUT2D eigenvalue weighted by Gasteiger charge is -2.12. The Kier molecular flexibility index (Phi) is 3.19. The first-order valence-electron chi connectivity index (χ1n) is 4.41. The number of benzene rings is 1. The molecular weight excluding hydrogens is 277 g/mol. The van der Waals surface area contributed by atoms with Gasteiger partial charge in [0.15, 0.2) is 0 Å². The predicted molar refractivity (Wildman–Crippen MR) is 64.4 cm³/mol. The quantitative estimate of drug-likeness (QED) is 0.895. The molecule has 15 heavy (non-hydrogen) atoms. The Morgan fingerprint density at radius 3 is 2.80 bits per heavy atom. The Hall–Kier alpha value is -0.710. The van der Waals surface area contributed by atoms with Crippen molar-refractivity contribution in [3.05, 3.63) is 56.4 Å². The molecule has 78 valence electrons. The summed E-state index contributed by atoms with van der Waals surface area (Å²) < 4.78 is 13.7. The molecule has 1 aromatic carbocycles. The van der Waals surface area contributed by atoms with E-state index in [1.165, 1.54) is 6.07 Å². The maximum Gasteiger partial charge on any atom is 0.137 e. The molecule has 1 nitrogen and oxygen atoms in total. The molecule has 0 saturated heterocycles. The molecule has 0 aliphatic rings. The van der Waals surface area contributed by atoms with Crippen molar-refractivity contribution in [3.8, 4) is 0 Å². The average Bonchev–Trinajstić information content (AvgIpc) is 2.74. The fraction of sp³-hybridized carbons (Fsp3) is 0.0909. The van der Waals surface area contributed by atoms with Crippen molar-refractivity contribution in [2.24, 2.45) is 5.73 Å². The normalized spacial score (nSPS) is 12.7. The molecule has 0 fully saturated rings. The standard InChI is InChI=1S/C11H9BrFNS/c12-10-8(2-1-3-9(10)13)11(14)7-4-5-15-6-7/h1-6,11H,14H2/t11-/m0/s1. The molecule has 0 bridgehead atoms. The van der Waals surface area contributed by atoms with Crippen molar-refractivity contribution >= 4 is 27.3 Å². The fourth-order valence-electron chi connectivity index (χ4n) is 1.39. The van der Waals surface area contributed by atoms with Gasteiger partial charge in [-0.25, -0.2) is 4.39 Å². The van der Waals surface area contributed by atoms with Gasteiger partial charge in [-0.1, -0.05) is 12.1 Å². The van der Waals surface area contributed by atoms with Crippen LogP contribution in [0.15, 0.2) is 39.5 Å². The molecule has 0 unspecified atom stereocenters. The highest BCUT2D eigenvalue weighted by atomic mass is 79.9. The molecule has 1 aromatic heterocycles. The van der Waals surface area contributed by atoms with Crippen molar-refractivity contribution in [2.45, 2.75) is 6.04 Å². The monoisotopic (exact) mass is 285 g/mol. The molecule has 2 aromatic rings. The molecule has 4 heteroatoms.